The number of likely N-dealkylation sites (tertiary alicyclic amines) is 1. The monoisotopic (exact) mass is 338 g/mol. The summed E-state index contributed by atoms with van der Waals surface area (Å²) in [6, 6.07) is 1.95. The number of rotatable bonds is 4. The number of aromatic nitrogens is 4. The van der Waals surface area contributed by atoms with E-state index in [1.54, 1.807) is 18.6 Å². The molecule has 3 heterocycles. The van der Waals surface area contributed by atoms with Gasteiger partial charge in [0.25, 0.3) is 0 Å². The van der Waals surface area contributed by atoms with E-state index in [1.165, 1.54) is 12.7 Å². The number of anilines is 2. The Morgan fingerprint density at radius 2 is 2.00 bits per heavy atom. The van der Waals surface area contributed by atoms with Gasteiger partial charge in [0.1, 0.15) is 6.33 Å². The topological polar surface area (TPSA) is 83.9 Å². The van der Waals surface area contributed by atoms with Gasteiger partial charge in [-0.1, -0.05) is 6.42 Å². The number of carbonyl (C=O) groups is 1. The molecule has 2 fully saturated rings. The average molecular weight is 338 g/mol. The van der Waals surface area contributed by atoms with Gasteiger partial charge in [-0.25, -0.2) is 19.9 Å². The SMILES string of the molecule is O=C(C1CCC1)N1CCCC(c2ccnc(Nc3cncnc3)n2)C1. The van der Waals surface area contributed by atoms with E-state index in [-0.39, 0.29) is 11.8 Å². The molecule has 2 aliphatic rings. The highest BCUT2D eigenvalue weighted by Gasteiger charge is 2.32. The predicted molar refractivity (Wildman–Crippen MR) is 93.2 cm³/mol. The van der Waals surface area contributed by atoms with Crippen molar-refractivity contribution in [3.8, 4) is 0 Å². The Balaban J connectivity index is 1.45. The molecule has 1 amide bonds. The number of amides is 1. The number of nitrogens with zero attached hydrogens (tertiary/aromatic N) is 5. The van der Waals surface area contributed by atoms with Crippen LogP contribution in [0.3, 0.4) is 0 Å². The highest BCUT2D eigenvalue weighted by Crippen LogP contribution is 2.32. The van der Waals surface area contributed by atoms with Gasteiger partial charge in [0.15, 0.2) is 0 Å². The number of piperidine rings is 1. The normalized spacial score (nSPS) is 20.8. The molecule has 1 aliphatic heterocycles. The number of nitrogens with one attached hydrogen (secondary N) is 1. The molecule has 2 aromatic heterocycles. The third-order valence-electron chi connectivity index (χ3n) is 5.10. The highest BCUT2D eigenvalue weighted by atomic mass is 16.2. The highest BCUT2D eigenvalue weighted by molar-refractivity contribution is 5.79. The van der Waals surface area contributed by atoms with Crippen LogP contribution in [0.15, 0.2) is 31.0 Å². The zero-order valence-electron chi connectivity index (χ0n) is 14.1. The molecular weight excluding hydrogens is 316 g/mol. The van der Waals surface area contributed by atoms with Crippen molar-refractivity contribution in [3.05, 3.63) is 36.7 Å². The van der Waals surface area contributed by atoms with Crippen LogP contribution in [0.1, 0.15) is 43.7 Å². The first-order chi connectivity index (χ1) is 12.3. The fraction of sp³-hybridized carbons (Fsp3) is 0.500. The van der Waals surface area contributed by atoms with Crippen LogP contribution >= 0.6 is 0 Å². The van der Waals surface area contributed by atoms with Gasteiger partial charge >= 0.3 is 0 Å². The van der Waals surface area contributed by atoms with Crippen molar-refractivity contribution in [1.29, 1.82) is 0 Å². The lowest BCUT2D eigenvalue weighted by Crippen LogP contribution is -2.44. The molecule has 130 valence electrons. The molecule has 1 unspecified atom stereocenters. The van der Waals surface area contributed by atoms with Crippen LogP contribution in [0.2, 0.25) is 0 Å². The first kappa shape index (κ1) is 15.9. The van der Waals surface area contributed by atoms with Crippen molar-refractivity contribution >= 4 is 17.5 Å². The minimum Gasteiger partial charge on any atom is -0.342 e. The summed E-state index contributed by atoms with van der Waals surface area (Å²) in [7, 11) is 0. The Morgan fingerprint density at radius 3 is 2.76 bits per heavy atom. The second-order valence-corrected chi connectivity index (χ2v) is 6.81. The first-order valence-corrected chi connectivity index (χ1v) is 8.93. The maximum Gasteiger partial charge on any atom is 0.227 e. The van der Waals surface area contributed by atoms with Crippen molar-refractivity contribution in [1.82, 2.24) is 24.8 Å². The van der Waals surface area contributed by atoms with Crippen molar-refractivity contribution in [2.45, 2.75) is 38.0 Å². The third kappa shape index (κ3) is 3.60. The molecule has 1 N–H and O–H groups in total. The number of carbonyl (C=O) groups excluding carboxylic acids is 1. The fourth-order valence-corrected chi connectivity index (χ4v) is 3.49. The summed E-state index contributed by atoms with van der Waals surface area (Å²) < 4.78 is 0. The van der Waals surface area contributed by atoms with Gasteiger partial charge in [0.05, 0.1) is 23.8 Å². The van der Waals surface area contributed by atoms with Crippen LogP contribution in [-0.2, 0) is 4.79 Å². The molecule has 25 heavy (non-hydrogen) atoms. The summed E-state index contributed by atoms with van der Waals surface area (Å²) in [4.78, 5) is 31.5. The van der Waals surface area contributed by atoms with Gasteiger partial charge in [-0.15, -0.1) is 0 Å². The Labute approximate surface area is 146 Å². The van der Waals surface area contributed by atoms with Crippen molar-refractivity contribution in [2.75, 3.05) is 18.4 Å². The molecule has 1 atom stereocenters. The zero-order valence-corrected chi connectivity index (χ0v) is 14.1. The maximum atomic E-state index is 12.5. The van der Waals surface area contributed by atoms with E-state index in [0.29, 0.717) is 11.9 Å². The molecule has 0 radical (unpaired) electrons. The molecule has 7 nitrogen and oxygen atoms in total. The molecule has 1 saturated carbocycles. The fourth-order valence-electron chi connectivity index (χ4n) is 3.49. The second kappa shape index (κ2) is 7.13. The Bertz CT molecular complexity index is 733. The molecule has 7 heteroatoms. The molecule has 1 aliphatic carbocycles. The molecule has 0 bridgehead atoms. The van der Waals surface area contributed by atoms with Gasteiger partial charge in [-0.2, -0.15) is 0 Å². The lowest BCUT2D eigenvalue weighted by Gasteiger charge is -2.37. The van der Waals surface area contributed by atoms with E-state index in [9.17, 15) is 4.79 Å². The molecule has 1 saturated heterocycles. The second-order valence-electron chi connectivity index (χ2n) is 6.81. The summed E-state index contributed by atoms with van der Waals surface area (Å²) in [6.45, 7) is 1.64. The van der Waals surface area contributed by atoms with Crippen LogP contribution in [0.25, 0.3) is 0 Å². The van der Waals surface area contributed by atoms with Gasteiger partial charge < -0.3 is 10.2 Å². The Morgan fingerprint density at radius 1 is 1.16 bits per heavy atom. The van der Waals surface area contributed by atoms with Crippen LogP contribution in [0.5, 0.6) is 0 Å². The quantitative estimate of drug-likeness (QED) is 0.922. The van der Waals surface area contributed by atoms with E-state index in [0.717, 1.165) is 50.2 Å². The predicted octanol–water partition coefficient (Wildman–Crippen LogP) is 2.52. The number of hydrogen-bond acceptors (Lipinski definition) is 6. The number of hydrogen-bond donors (Lipinski definition) is 1. The average Bonchev–Trinajstić information content (AvgIpc) is 2.61. The van der Waals surface area contributed by atoms with Crippen LogP contribution in [0, 0.1) is 5.92 Å². The molecule has 4 rings (SSSR count). The largest absolute Gasteiger partial charge is 0.342 e. The molecular formula is C18H22N6O. The third-order valence-corrected chi connectivity index (χ3v) is 5.10. The van der Waals surface area contributed by atoms with Gasteiger partial charge in [0, 0.05) is 31.1 Å². The minimum atomic E-state index is 0.263. The molecule has 0 spiro atoms. The van der Waals surface area contributed by atoms with E-state index in [2.05, 4.69) is 25.3 Å². The van der Waals surface area contributed by atoms with Gasteiger partial charge in [-0.05, 0) is 31.7 Å². The minimum absolute atomic E-state index is 0.263. The van der Waals surface area contributed by atoms with Crippen LogP contribution < -0.4 is 5.32 Å². The molecule has 2 aromatic rings. The lowest BCUT2D eigenvalue weighted by molar-refractivity contribution is -0.139. The molecule has 0 aromatic carbocycles. The van der Waals surface area contributed by atoms with Crippen molar-refractivity contribution in [2.24, 2.45) is 5.92 Å². The standard InChI is InChI=1S/C18H22N6O/c25-17(13-3-1-4-13)24-8-2-5-14(11-24)16-6-7-21-18(23-16)22-15-9-19-12-20-10-15/h6-7,9-10,12-14H,1-5,8,11H2,(H,21,22,23). The summed E-state index contributed by atoms with van der Waals surface area (Å²) in [5, 5.41) is 3.13. The van der Waals surface area contributed by atoms with Crippen molar-refractivity contribution in [3.63, 3.8) is 0 Å². The van der Waals surface area contributed by atoms with Crippen molar-refractivity contribution < 1.29 is 4.79 Å². The van der Waals surface area contributed by atoms with E-state index >= 15 is 0 Å². The summed E-state index contributed by atoms with van der Waals surface area (Å²) in [5.74, 6) is 1.41. The summed E-state index contributed by atoms with van der Waals surface area (Å²) in [5.41, 5.74) is 1.74. The maximum absolute atomic E-state index is 12.5. The van der Waals surface area contributed by atoms with Gasteiger partial charge in [0.2, 0.25) is 11.9 Å². The van der Waals surface area contributed by atoms with E-state index < -0.39 is 0 Å². The van der Waals surface area contributed by atoms with Gasteiger partial charge in [-0.3, -0.25) is 4.79 Å². The smallest absolute Gasteiger partial charge is 0.227 e. The Kier molecular flexibility index (Phi) is 4.54. The Hall–Kier alpha value is -2.57. The summed E-state index contributed by atoms with van der Waals surface area (Å²) in [6.07, 6.45) is 12.0. The zero-order chi connectivity index (χ0) is 17.1. The summed E-state index contributed by atoms with van der Waals surface area (Å²) >= 11 is 0. The first-order valence-electron chi connectivity index (χ1n) is 8.93. The van der Waals surface area contributed by atoms with E-state index in [4.69, 9.17) is 0 Å². The lowest BCUT2D eigenvalue weighted by atomic mass is 9.83. The van der Waals surface area contributed by atoms with Crippen LogP contribution in [0.4, 0.5) is 11.6 Å². The van der Waals surface area contributed by atoms with E-state index in [1.807, 2.05) is 11.0 Å². The van der Waals surface area contributed by atoms with Crippen LogP contribution in [-0.4, -0.2) is 43.8 Å².